The molecule has 0 spiro atoms. The molecule has 11 heteroatoms. The van der Waals surface area contributed by atoms with Crippen molar-refractivity contribution in [1.82, 2.24) is 9.29 Å². The number of fused-ring (bicyclic) bond motifs is 1. The van der Waals surface area contributed by atoms with Crippen LogP contribution < -0.4 is 14.4 Å². The standard InChI is InChI=1S/C16H17N3O6S2/c1-9(20)18(2)16-17-10(8-26-16)7-19-15(21)11-5-12(24-3)13(25-4)6-14(11)27(19,22)23/h5-6,8H,7H2,1-4H3. The van der Waals surface area contributed by atoms with E-state index in [1.165, 1.54) is 49.5 Å². The Morgan fingerprint density at radius 3 is 2.48 bits per heavy atom. The number of carbonyl (C=O) groups is 2. The molecule has 1 aromatic carbocycles. The van der Waals surface area contributed by atoms with Crippen LogP contribution in [0.3, 0.4) is 0 Å². The van der Waals surface area contributed by atoms with Crippen LogP contribution in [0.25, 0.3) is 0 Å². The van der Waals surface area contributed by atoms with E-state index in [1.807, 2.05) is 0 Å². The Hall–Kier alpha value is -2.66. The van der Waals surface area contributed by atoms with Crippen LogP contribution in [0.15, 0.2) is 22.4 Å². The first-order chi connectivity index (χ1) is 12.7. The highest BCUT2D eigenvalue weighted by molar-refractivity contribution is 7.90. The largest absolute Gasteiger partial charge is 0.493 e. The SMILES string of the molecule is COc1cc2c(cc1OC)S(=O)(=O)N(Cc1csc(N(C)C(C)=O)n1)C2=O. The van der Waals surface area contributed by atoms with Crippen molar-refractivity contribution in [2.45, 2.75) is 18.4 Å². The van der Waals surface area contributed by atoms with Crippen molar-refractivity contribution < 1.29 is 27.5 Å². The number of carbonyl (C=O) groups excluding carboxylic acids is 2. The van der Waals surface area contributed by atoms with E-state index >= 15 is 0 Å². The average molecular weight is 411 g/mol. The number of rotatable bonds is 5. The van der Waals surface area contributed by atoms with Gasteiger partial charge in [-0.15, -0.1) is 11.3 Å². The second kappa shape index (κ2) is 6.82. The molecule has 144 valence electrons. The molecule has 0 bridgehead atoms. The summed E-state index contributed by atoms with van der Waals surface area (Å²) < 4.78 is 36.7. The van der Waals surface area contributed by atoms with Gasteiger partial charge in [0, 0.05) is 25.4 Å². The minimum atomic E-state index is -4.05. The van der Waals surface area contributed by atoms with Crippen molar-refractivity contribution in [3.63, 3.8) is 0 Å². The highest BCUT2D eigenvalue weighted by Crippen LogP contribution is 2.39. The monoisotopic (exact) mass is 411 g/mol. The number of methoxy groups -OCH3 is 2. The molecule has 0 unspecified atom stereocenters. The van der Waals surface area contributed by atoms with Gasteiger partial charge in [-0.2, -0.15) is 0 Å². The first-order valence-electron chi connectivity index (χ1n) is 7.72. The molecule has 2 aromatic rings. The van der Waals surface area contributed by atoms with Crippen molar-refractivity contribution in [2.24, 2.45) is 0 Å². The summed E-state index contributed by atoms with van der Waals surface area (Å²) in [5, 5.41) is 2.03. The molecule has 9 nitrogen and oxygen atoms in total. The minimum absolute atomic E-state index is 0.0176. The summed E-state index contributed by atoms with van der Waals surface area (Å²) >= 11 is 1.19. The second-order valence-corrected chi connectivity index (χ2v) is 8.39. The van der Waals surface area contributed by atoms with Gasteiger partial charge in [0.25, 0.3) is 15.9 Å². The Balaban J connectivity index is 1.96. The number of hydrogen-bond acceptors (Lipinski definition) is 8. The van der Waals surface area contributed by atoms with E-state index in [4.69, 9.17) is 9.47 Å². The van der Waals surface area contributed by atoms with Crippen molar-refractivity contribution in [1.29, 1.82) is 0 Å². The number of ether oxygens (including phenoxy) is 2. The van der Waals surface area contributed by atoms with Gasteiger partial charge in [0.15, 0.2) is 16.6 Å². The van der Waals surface area contributed by atoms with Crippen molar-refractivity contribution in [3.05, 3.63) is 28.8 Å². The zero-order valence-corrected chi connectivity index (χ0v) is 16.7. The summed E-state index contributed by atoms with van der Waals surface area (Å²) in [4.78, 5) is 29.6. The molecule has 0 saturated carbocycles. The van der Waals surface area contributed by atoms with Crippen LogP contribution in [-0.4, -0.2) is 50.8 Å². The van der Waals surface area contributed by atoms with Crippen LogP contribution in [-0.2, 0) is 21.4 Å². The lowest BCUT2D eigenvalue weighted by Crippen LogP contribution is -2.29. The number of benzene rings is 1. The highest BCUT2D eigenvalue weighted by Gasteiger charge is 2.42. The Morgan fingerprint density at radius 1 is 1.26 bits per heavy atom. The highest BCUT2D eigenvalue weighted by atomic mass is 32.2. The summed E-state index contributed by atoms with van der Waals surface area (Å²) in [6.07, 6.45) is 0. The van der Waals surface area contributed by atoms with Crippen LogP contribution in [0.1, 0.15) is 23.0 Å². The Bertz CT molecular complexity index is 1030. The topological polar surface area (TPSA) is 106 Å². The molecular weight excluding hydrogens is 394 g/mol. The number of aromatic nitrogens is 1. The van der Waals surface area contributed by atoms with Crippen LogP contribution >= 0.6 is 11.3 Å². The van der Waals surface area contributed by atoms with Crippen LogP contribution in [0.5, 0.6) is 11.5 Å². The quantitative estimate of drug-likeness (QED) is 0.734. The van der Waals surface area contributed by atoms with Crippen molar-refractivity contribution in [3.8, 4) is 11.5 Å². The summed E-state index contributed by atoms with van der Waals surface area (Å²) in [6.45, 7) is 1.16. The number of sulfonamides is 1. The van der Waals surface area contributed by atoms with E-state index < -0.39 is 15.9 Å². The first kappa shape index (κ1) is 19.1. The maximum atomic E-state index is 12.8. The number of thiazole rings is 1. The summed E-state index contributed by atoms with van der Waals surface area (Å²) in [7, 11) is 0.304. The number of hydrogen-bond donors (Lipinski definition) is 0. The maximum Gasteiger partial charge on any atom is 0.269 e. The lowest BCUT2D eigenvalue weighted by atomic mass is 10.2. The molecule has 0 atom stereocenters. The van der Waals surface area contributed by atoms with Gasteiger partial charge in [-0.05, 0) is 6.07 Å². The molecule has 2 heterocycles. The summed E-state index contributed by atoms with van der Waals surface area (Å²) in [6, 6.07) is 2.63. The Labute approximate surface area is 160 Å². The third-order valence-electron chi connectivity index (χ3n) is 4.12. The molecule has 3 rings (SSSR count). The zero-order chi connectivity index (χ0) is 19.9. The Morgan fingerprint density at radius 2 is 1.89 bits per heavy atom. The van der Waals surface area contributed by atoms with E-state index in [0.29, 0.717) is 10.8 Å². The van der Waals surface area contributed by atoms with E-state index in [9.17, 15) is 18.0 Å². The van der Waals surface area contributed by atoms with E-state index in [0.717, 1.165) is 4.31 Å². The van der Waals surface area contributed by atoms with Crippen molar-refractivity contribution >= 4 is 38.3 Å². The number of anilines is 1. The second-order valence-electron chi connectivity index (χ2n) is 5.72. The van der Waals surface area contributed by atoms with Gasteiger partial charge in [-0.1, -0.05) is 0 Å². The predicted molar refractivity (Wildman–Crippen MR) is 97.8 cm³/mol. The van der Waals surface area contributed by atoms with Crippen LogP contribution in [0.4, 0.5) is 5.13 Å². The molecule has 1 aliphatic heterocycles. The fourth-order valence-corrected chi connectivity index (χ4v) is 4.93. The molecular formula is C16H17N3O6S2. The predicted octanol–water partition coefficient (Wildman–Crippen LogP) is 1.49. The fourth-order valence-electron chi connectivity index (χ4n) is 2.56. The van der Waals surface area contributed by atoms with Gasteiger partial charge in [0.05, 0.1) is 32.0 Å². The molecule has 0 aliphatic carbocycles. The van der Waals surface area contributed by atoms with Gasteiger partial charge < -0.3 is 9.47 Å². The summed E-state index contributed by atoms with van der Waals surface area (Å²) in [5.41, 5.74) is 0.385. The van der Waals surface area contributed by atoms with Gasteiger partial charge in [0.2, 0.25) is 5.91 Å². The van der Waals surface area contributed by atoms with Gasteiger partial charge in [-0.3, -0.25) is 14.5 Å². The molecule has 2 amide bonds. The number of nitrogens with zero attached hydrogens (tertiary/aromatic N) is 3. The lowest BCUT2D eigenvalue weighted by Gasteiger charge is -2.13. The molecule has 1 aliphatic rings. The zero-order valence-electron chi connectivity index (χ0n) is 15.0. The first-order valence-corrected chi connectivity index (χ1v) is 10.0. The molecule has 1 aromatic heterocycles. The van der Waals surface area contributed by atoms with E-state index in [1.54, 1.807) is 12.4 Å². The average Bonchev–Trinajstić information content (AvgIpc) is 3.17. The van der Waals surface area contributed by atoms with Gasteiger partial charge >= 0.3 is 0 Å². The third kappa shape index (κ3) is 3.12. The van der Waals surface area contributed by atoms with E-state index in [-0.39, 0.29) is 34.4 Å². The summed E-state index contributed by atoms with van der Waals surface area (Å²) in [5.74, 6) is -0.387. The van der Waals surface area contributed by atoms with Gasteiger partial charge in [-0.25, -0.2) is 17.7 Å². The molecule has 0 fully saturated rings. The Kier molecular flexibility index (Phi) is 4.82. The van der Waals surface area contributed by atoms with Crippen LogP contribution in [0, 0.1) is 0 Å². The lowest BCUT2D eigenvalue weighted by molar-refractivity contribution is -0.116. The molecule has 0 radical (unpaired) electrons. The number of amides is 2. The third-order valence-corrected chi connectivity index (χ3v) is 6.85. The molecule has 0 saturated heterocycles. The van der Waals surface area contributed by atoms with Gasteiger partial charge in [0.1, 0.15) is 4.90 Å². The van der Waals surface area contributed by atoms with Crippen LogP contribution in [0.2, 0.25) is 0 Å². The maximum absolute atomic E-state index is 12.8. The fraction of sp³-hybridized carbons (Fsp3) is 0.312. The normalized spacial score (nSPS) is 14.8. The van der Waals surface area contributed by atoms with Crippen molar-refractivity contribution in [2.75, 3.05) is 26.2 Å². The smallest absolute Gasteiger partial charge is 0.269 e. The molecule has 0 N–H and O–H groups in total. The minimum Gasteiger partial charge on any atom is -0.493 e. The van der Waals surface area contributed by atoms with E-state index in [2.05, 4.69) is 4.98 Å². The molecule has 27 heavy (non-hydrogen) atoms.